The highest BCUT2D eigenvalue weighted by Gasteiger charge is 2.22. The first-order valence-corrected chi connectivity index (χ1v) is 8.47. The normalized spacial score (nSPS) is 14.5. The van der Waals surface area contributed by atoms with Crippen LogP contribution in [-0.4, -0.2) is 59.0 Å². The third-order valence-electron chi connectivity index (χ3n) is 4.32. The van der Waals surface area contributed by atoms with Gasteiger partial charge in [-0.2, -0.15) is 4.98 Å². The number of nitrogens with zero attached hydrogens (tertiary/aromatic N) is 5. The fraction of sp³-hybridized carbons (Fsp3) is 0.444. The maximum absolute atomic E-state index is 12.4. The summed E-state index contributed by atoms with van der Waals surface area (Å²) >= 11 is 0. The van der Waals surface area contributed by atoms with E-state index in [1.54, 1.807) is 19.5 Å². The number of pyridine rings is 1. The van der Waals surface area contributed by atoms with Crippen molar-refractivity contribution in [1.29, 1.82) is 0 Å². The molecule has 0 saturated carbocycles. The predicted molar refractivity (Wildman–Crippen MR) is 94.7 cm³/mol. The lowest BCUT2D eigenvalue weighted by Gasteiger charge is -2.35. The second-order valence-corrected chi connectivity index (χ2v) is 6.07. The molecule has 0 radical (unpaired) electrons. The van der Waals surface area contributed by atoms with Gasteiger partial charge >= 0.3 is 0 Å². The molecule has 3 rings (SSSR count). The first kappa shape index (κ1) is 17.1. The molecule has 0 spiro atoms. The number of aromatic nitrogens is 3. The molecule has 2 aromatic heterocycles. The summed E-state index contributed by atoms with van der Waals surface area (Å²) in [6, 6.07) is 5.71. The van der Waals surface area contributed by atoms with E-state index in [-0.39, 0.29) is 5.91 Å². The summed E-state index contributed by atoms with van der Waals surface area (Å²) < 4.78 is 5.21. The van der Waals surface area contributed by atoms with Gasteiger partial charge in [0.2, 0.25) is 17.7 Å². The Morgan fingerprint density at radius 1 is 1.16 bits per heavy atom. The highest BCUT2D eigenvalue weighted by atomic mass is 16.5. The van der Waals surface area contributed by atoms with Crippen molar-refractivity contribution in [2.75, 3.05) is 38.2 Å². The average Bonchev–Trinajstić information content (AvgIpc) is 2.66. The van der Waals surface area contributed by atoms with Gasteiger partial charge in [0.05, 0.1) is 7.11 Å². The van der Waals surface area contributed by atoms with Gasteiger partial charge in [-0.15, -0.1) is 0 Å². The van der Waals surface area contributed by atoms with Crippen LogP contribution in [0.25, 0.3) is 0 Å². The molecular formula is C18H23N5O2. The van der Waals surface area contributed by atoms with E-state index in [9.17, 15) is 4.79 Å². The van der Waals surface area contributed by atoms with Gasteiger partial charge < -0.3 is 14.5 Å². The minimum Gasteiger partial charge on any atom is -0.481 e. The molecule has 1 fully saturated rings. The van der Waals surface area contributed by atoms with E-state index < -0.39 is 0 Å². The second kappa shape index (κ2) is 7.92. The number of anilines is 1. The number of rotatable bonds is 5. The Balaban J connectivity index is 1.53. The van der Waals surface area contributed by atoms with Crippen molar-refractivity contribution in [1.82, 2.24) is 19.9 Å². The van der Waals surface area contributed by atoms with E-state index in [2.05, 4.69) is 19.9 Å². The van der Waals surface area contributed by atoms with Gasteiger partial charge in [-0.1, -0.05) is 0 Å². The summed E-state index contributed by atoms with van der Waals surface area (Å²) in [5, 5.41) is 0. The molecule has 1 aliphatic heterocycles. The summed E-state index contributed by atoms with van der Waals surface area (Å²) in [6.07, 6.45) is 4.79. The number of carbonyl (C=O) groups is 1. The summed E-state index contributed by atoms with van der Waals surface area (Å²) in [5.41, 5.74) is 2.01. The molecule has 0 aliphatic carbocycles. The van der Waals surface area contributed by atoms with Crippen LogP contribution in [0.1, 0.15) is 17.7 Å². The third-order valence-corrected chi connectivity index (χ3v) is 4.32. The minimum absolute atomic E-state index is 0.194. The number of carbonyl (C=O) groups excluding carboxylic acids is 1. The van der Waals surface area contributed by atoms with Gasteiger partial charge in [-0.3, -0.25) is 9.78 Å². The van der Waals surface area contributed by atoms with Gasteiger partial charge in [0.25, 0.3) is 0 Å². The molecule has 7 heteroatoms. The standard InChI is InChI=1S/C18H23N5O2/c1-14-13-16(25-2)21-18(20-14)23-11-9-22(10-12-23)17(24)4-3-15-5-7-19-8-6-15/h5-8,13H,3-4,9-12H2,1-2H3. The van der Waals surface area contributed by atoms with Crippen LogP contribution >= 0.6 is 0 Å². The SMILES string of the molecule is COc1cc(C)nc(N2CCN(C(=O)CCc3ccncc3)CC2)n1. The molecule has 3 heterocycles. The summed E-state index contributed by atoms with van der Waals surface area (Å²) in [5.74, 6) is 1.43. The van der Waals surface area contributed by atoms with E-state index in [4.69, 9.17) is 4.74 Å². The Hall–Kier alpha value is -2.70. The largest absolute Gasteiger partial charge is 0.481 e. The van der Waals surface area contributed by atoms with Crippen molar-refractivity contribution in [3.05, 3.63) is 41.9 Å². The van der Waals surface area contributed by atoms with E-state index in [1.807, 2.05) is 30.0 Å². The van der Waals surface area contributed by atoms with Gasteiger partial charge in [-0.05, 0) is 31.0 Å². The Bertz CT molecular complexity index is 715. The summed E-state index contributed by atoms with van der Waals surface area (Å²) in [4.78, 5) is 29.3. The second-order valence-electron chi connectivity index (χ2n) is 6.07. The molecule has 1 saturated heterocycles. The van der Waals surface area contributed by atoms with Crippen LogP contribution in [-0.2, 0) is 11.2 Å². The smallest absolute Gasteiger partial charge is 0.228 e. The number of aryl methyl sites for hydroxylation is 2. The Kier molecular flexibility index (Phi) is 5.42. The molecule has 0 atom stereocenters. The summed E-state index contributed by atoms with van der Waals surface area (Å²) in [6.45, 7) is 4.76. The lowest BCUT2D eigenvalue weighted by atomic mass is 10.1. The predicted octanol–water partition coefficient (Wildman–Crippen LogP) is 1.47. The fourth-order valence-corrected chi connectivity index (χ4v) is 2.89. The molecule has 132 valence electrons. The van der Waals surface area contributed by atoms with Gasteiger partial charge in [0.15, 0.2) is 0 Å². The molecule has 0 N–H and O–H groups in total. The molecule has 0 bridgehead atoms. The zero-order valence-electron chi connectivity index (χ0n) is 14.7. The van der Waals surface area contributed by atoms with Gasteiger partial charge in [0.1, 0.15) is 0 Å². The number of ether oxygens (including phenoxy) is 1. The highest BCUT2D eigenvalue weighted by molar-refractivity contribution is 5.76. The molecule has 0 aromatic carbocycles. The van der Waals surface area contributed by atoms with E-state index in [0.29, 0.717) is 31.3 Å². The van der Waals surface area contributed by atoms with Crippen molar-refractivity contribution < 1.29 is 9.53 Å². The highest BCUT2D eigenvalue weighted by Crippen LogP contribution is 2.17. The van der Waals surface area contributed by atoms with Crippen LogP contribution in [0.4, 0.5) is 5.95 Å². The number of methoxy groups -OCH3 is 1. The van der Waals surface area contributed by atoms with Crippen molar-refractivity contribution in [3.8, 4) is 5.88 Å². The van der Waals surface area contributed by atoms with Crippen molar-refractivity contribution in [2.45, 2.75) is 19.8 Å². The topological polar surface area (TPSA) is 71.5 Å². The van der Waals surface area contributed by atoms with E-state index >= 15 is 0 Å². The monoisotopic (exact) mass is 341 g/mol. The van der Waals surface area contributed by atoms with Crippen LogP contribution < -0.4 is 9.64 Å². The van der Waals surface area contributed by atoms with E-state index in [1.165, 1.54) is 0 Å². The van der Waals surface area contributed by atoms with Crippen LogP contribution in [0.5, 0.6) is 5.88 Å². The van der Waals surface area contributed by atoms with Crippen molar-refractivity contribution in [3.63, 3.8) is 0 Å². The average molecular weight is 341 g/mol. The minimum atomic E-state index is 0.194. The summed E-state index contributed by atoms with van der Waals surface area (Å²) in [7, 11) is 1.60. The number of piperazine rings is 1. The van der Waals surface area contributed by atoms with Crippen LogP contribution in [0, 0.1) is 6.92 Å². The lowest BCUT2D eigenvalue weighted by Crippen LogP contribution is -2.49. The Labute approximate surface area is 147 Å². The fourth-order valence-electron chi connectivity index (χ4n) is 2.89. The molecule has 2 aromatic rings. The molecule has 25 heavy (non-hydrogen) atoms. The first-order valence-electron chi connectivity index (χ1n) is 8.47. The molecule has 1 amide bonds. The number of hydrogen-bond donors (Lipinski definition) is 0. The number of amides is 1. The van der Waals surface area contributed by atoms with Crippen molar-refractivity contribution >= 4 is 11.9 Å². The van der Waals surface area contributed by atoms with E-state index in [0.717, 1.165) is 30.8 Å². The molecule has 1 aliphatic rings. The van der Waals surface area contributed by atoms with Gasteiger partial charge in [-0.25, -0.2) is 4.98 Å². The maximum atomic E-state index is 12.4. The third kappa shape index (κ3) is 4.43. The molecule has 7 nitrogen and oxygen atoms in total. The quantitative estimate of drug-likeness (QED) is 0.820. The van der Waals surface area contributed by atoms with Crippen molar-refractivity contribution in [2.24, 2.45) is 0 Å². The van der Waals surface area contributed by atoms with Crippen LogP contribution in [0.15, 0.2) is 30.6 Å². The Morgan fingerprint density at radius 3 is 2.56 bits per heavy atom. The number of hydrogen-bond acceptors (Lipinski definition) is 6. The molecule has 0 unspecified atom stereocenters. The first-order chi connectivity index (χ1) is 12.2. The molecular weight excluding hydrogens is 318 g/mol. The van der Waals surface area contributed by atoms with Crippen LogP contribution in [0.3, 0.4) is 0 Å². The zero-order valence-corrected chi connectivity index (χ0v) is 14.7. The Morgan fingerprint density at radius 2 is 1.88 bits per heavy atom. The maximum Gasteiger partial charge on any atom is 0.228 e. The zero-order chi connectivity index (χ0) is 17.6. The van der Waals surface area contributed by atoms with Crippen LogP contribution in [0.2, 0.25) is 0 Å². The van der Waals surface area contributed by atoms with Gasteiger partial charge in [0, 0.05) is 56.8 Å². The lowest BCUT2D eigenvalue weighted by molar-refractivity contribution is -0.131.